The minimum atomic E-state index is -3.13. The third-order valence-corrected chi connectivity index (χ3v) is 13.4. The van der Waals surface area contributed by atoms with Crippen molar-refractivity contribution in [1.29, 1.82) is 0 Å². The standard InChI is InChI=1S/C42H45ClF2N10O4/c1-21-16-41(13-12-29(21)47-24-6-8-25-31(15-24)54(3)52-33(25)26-9-11-32(56)49-38(26)57)18-55(19-41)40-46-17-28(43)37(51-40)48-23-7-10-30-27(14-23)34-35(39(58)53(30)2)59-20-42(44,45)36(50-34)22-4-5-22/h6-8,10,14-15,17,21-22,26,29,36,47,50H,4-5,9,11-13,16,18-20H2,1-3H3,(H,46,48,51)(H,49,56,57)/t21-,26?,29-,36?/m1/s1. The van der Waals surface area contributed by atoms with E-state index < -0.39 is 30.0 Å². The summed E-state index contributed by atoms with van der Waals surface area (Å²) in [4.78, 5) is 49.1. The number of ether oxygens (including phenoxy) is 1. The zero-order valence-electron chi connectivity index (χ0n) is 32.9. The van der Waals surface area contributed by atoms with Crippen LogP contribution in [0.3, 0.4) is 0 Å². The molecule has 0 radical (unpaired) electrons. The number of alkyl halides is 2. The molecule has 2 saturated heterocycles. The van der Waals surface area contributed by atoms with Crippen LogP contribution in [0.1, 0.15) is 63.5 Å². The maximum Gasteiger partial charge on any atom is 0.301 e. The summed E-state index contributed by atoms with van der Waals surface area (Å²) >= 11 is 6.63. The molecule has 2 unspecified atom stereocenters. The smallest absolute Gasteiger partial charge is 0.301 e. The molecule has 59 heavy (non-hydrogen) atoms. The minimum absolute atomic E-state index is 0.110. The fraction of sp³-hybridized carbons (Fsp3) is 0.476. The van der Waals surface area contributed by atoms with Crippen LogP contribution in [0.2, 0.25) is 5.02 Å². The first kappa shape index (κ1) is 37.7. The van der Waals surface area contributed by atoms with Crippen molar-refractivity contribution in [1.82, 2.24) is 29.6 Å². The molecule has 4 atom stereocenters. The summed E-state index contributed by atoms with van der Waals surface area (Å²) < 4.78 is 39.1. The van der Waals surface area contributed by atoms with Crippen molar-refractivity contribution in [3.8, 4) is 5.75 Å². The van der Waals surface area contributed by atoms with Crippen molar-refractivity contribution in [2.24, 2.45) is 31.3 Å². The quantitative estimate of drug-likeness (QED) is 0.134. The van der Waals surface area contributed by atoms with E-state index in [1.807, 2.05) is 17.8 Å². The number of nitrogens with zero attached hydrogens (tertiary/aromatic N) is 6. The lowest BCUT2D eigenvalue weighted by Gasteiger charge is -2.55. The van der Waals surface area contributed by atoms with E-state index in [0.717, 1.165) is 48.9 Å². The first-order chi connectivity index (χ1) is 28.3. The van der Waals surface area contributed by atoms with E-state index in [4.69, 9.17) is 26.4 Å². The predicted octanol–water partition coefficient (Wildman–Crippen LogP) is 6.46. The Morgan fingerprint density at radius 3 is 2.54 bits per heavy atom. The molecule has 6 heterocycles. The first-order valence-electron chi connectivity index (χ1n) is 20.3. The average molecular weight is 827 g/mol. The van der Waals surface area contributed by atoms with Crippen molar-refractivity contribution < 1.29 is 23.1 Å². The Bertz CT molecular complexity index is 2620. The van der Waals surface area contributed by atoms with Crippen molar-refractivity contribution in [2.45, 2.75) is 75.8 Å². The van der Waals surface area contributed by atoms with Crippen molar-refractivity contribution >= 4 is 74.0 Å². The number of imide groups is 1. The number of nitrogens with one attached hydrogen (secondary N) is 4. The Morgan fingerprint density at radius 2 is 1.78 bits per heavy atom. The van der Waals surface area contributed by atoms with Crippen LogP contribution in [0.25, 0.3) is 21.8 Å². The van der Waals surface area contributed by atoms with Crippen LogP contribution in [-0.4, -0.2) is 73.8 Å². The number of aromatic nitrogens is 5. The van der Waals surface area contributed by atoms with Crippen LogP contribution in [-0.2, 0) is 23.7 Å². The van der Waals surface area contributed by atoms with Gasteiger partial charge in [0.2, 0.25) is 23.5 Å². The summed E-state index contributed by atoms with van der Waals surface area (Å²) in [6.45, 7) is 3.08. The molecule has 10 rings (SSSR count). The van der Waals surface area contributed by atoms with Crippen LogP contribution >= 0.6 is 11.6 Å². The number of carbonyl (C=O) groups excluding carboxylic acids is 2. The van der Waals surface area contributed by atoms with Gasteiger partial charge in [-0.3, -0.25) is 24.4 Å². The second-order valence-electron chi connectivity index (χ2n) is 17.4. The Labute approximate surface area is 343 Å². The van der Waals surface area contributed by atoms with E-state index >= 15 is 8.78 Å². The Balaban J connectivity index is 0.814. The minimum Gasteiger partial charge on any atom is -0.480 e. The van der Waals surface area contributed by atoms with E-state index in [-0.39, 0.29) is 40.6 Å². The van der Waals surface area contributed by atoms with Gasteiger partial charge in [-0.1, -0.05) is 18.5 Å². The van der Waals surface area contributed by atoms with Gasteiger partial charge in [0.05, 0.1) is 40.6 Å². The average Bonchev–Trinajstić information content (AvgIpc) is 4.00. The third kappa shape index (κ3) is 6.59. The molecule has 1 spiro atoms. The summed E-state index contributed by atoms with van der Waals surface area (Å²) in [5, 5.41) is 19.1. The Hall–Kier alpha value is -5.51. The number of aryl methyl sites for hydroxylation is 2. The molecular weight excluding hydrogens is 782 g/mol. The van der Waals surface area contributed by atoms with E-state index in [1.54, 1.807) is 31.4 Å². The molecule has 3 aromatic heterocycles. The van der Waals surface area contributed by atoms with Crippen molar-refractivity contribution in [3.05, 3.63) is 63.7 Å². The fourth-order valence-corrected chi connectivity index (χ4v) is 10.0. The number of halogens is 3. The van der Waals surface area contributed by atoms with Gasteiger partial charge in [-0.15, -0.1) is 0 Å². The largest absolute Gasteiger partial charge is 0.480 e. The van der Waals surface area contributed by atoms with Gasteiger partial charge in [0.25, 0.3) is 5.56 Å². The molecule has 17 heteroatoms. The highest BCUT2D eigenvalue weighted by molar-refractivity contribution is 6.33. The molecule has 5 aromatic rings. The van der Waals surface area contributed by atoms with Gasteiger partial charge in [0.1, 0.15) is 5.02 Å². The first-order valence-corrected chi connectivity index (χ1v) is 20.7. The molecule has 2 amide bonds. The lowest BCUT2D eigenvalue weighted by molar-refractivity contribution is -0.134. The highest BCUT2D eigenvalue weighted by Gasteiger charge is 2.51. The Morgan fingerprint density at radius 1 is 0.983 bits per heavy atom. The second kappa shape index (κ2) is 13.8. The summed E-state index contributed by atoms with van der Waals surface area (Å²) in [5.41, 5.74) is 3.78. The number of fused-ring (bicyclic) bond motifs is 4. The zero-order valence-corrected chi connectivity index (χ0v) is 33.7. The topological polar surface area (TPSA) is 160 Å². The number of benzene rings is 2. The fourth-order valence-electron chi connectivity index (χ4n) is 9.90. The summed E-state index contributed by atoms with van der Waals surface area (Å²) in [6, 6.07) is 10.7. The molecule has 5 aliphatic rings. The number of rotatable bonds is 7. The van der Waals surface area contributed by atoms with Gasteiger partial charge in [0, 0.05) is 67.2 Å². The predicted molar refractivity (Wildman–Crippen MR) is 221 cm³/mol. The summed E-state index contributed by atoms with van der Waals surface area (Å²) in [6.07, 6.45) is 6.85. The number of anilines is 5. The SMILES string of the molecule is C[C@@H]1CC2(CC[C@H]1Nc1ccc3c(C4CCC(=O)NC4=O)nn(C)c3c1)CN(c1ncc(Cl)c(Nc3ccc4c(c3)c3c(c(=O)n4C)OCC(F)(F)C(C4CC4)N3)n1)C2. The monoisotopic (exact) mass is 826 g/mol. The van der Waals surface area contributed by atoms with Crippen LogP contribution < -0.4 is 36.5 Å². The van der Waals surface area contributed by atoms with Gasteiger partial charge in [-0.2, -0.15) is 10.1 Å². The van der Waals surface area contributed by atoms with E-state index in [2.05, 4.69) is 50.2 Å². The normalized spacial score (nSPS) is 24.8. The van der Waals surface area contributed by atoms with Crippen LogP contribution in [0.15, 0.2) is 47.4 Å². The maximum atomic E-state index is 15.2. The van der Waals surface area contributed by atoms with Gasteiger partial charge < -0.3 is 30.2 Å². The van der Waals surface area contributed by atoms with Crippen LogP contribution in [0.5, 0.6) is 5.75 Å². The number of piperidine rings is 1. The van der Waals surface area contributed by atoms with Crippen molar-refractivity contribution in [3.63, 3.8) is 0 Å². The van der Waals surface area contributed by atoms with Crippen LogP contribution in [0, 0.1) is 17.3 Å². The molecule has 2 aromatic carbocycles. The molecular formula is C42H45ClF2N10O4. The van der Waals surface area contributed by atoms with Crippen molar-refractivity contribution in [2.75, 3.05) is 40.5 Å². The highest BCUT2D eigenvalue weighted by atomic mass is 35.5. The lowest BCUT2D eigenvalue weighted by atomic mass is 9.64. The molecule has 2 aliphatic carbocycles. The number of carbonyl (C=O) groups is 2. The molecule has 3 aliphatic heterocycles. The summed E-state index contributed by atoms with van der Waals surface area (Å²) in [5.74, 6) is -3.01. The molecule has 4 N–H and O–H groups in total. The van der Waals surface area contributed by atoms with Gasteiger partial charge >= 0.3 is 5.92 Å². The number of amides is 2. The third-order valence-electron chi connectivity index (χ3n) is 13.2. The number of pyridine rings is 1. The molecule has 14 nitrogen and oxygen atoms in total. The lowest BCUT2D eigenvalue weighted by Crippen LogP contribution is -2.60. The maximum absolute atomic E-state index is 15.2. The molecule has 2 saturated carbocycles. The molecule has 0 bridgehead atoms. The summed E-state index contributed by atoms with van der Waals surface area (Å²) in [7, 11) is 3.48. The second-order valence-corrected chi connectivity index (χ2v) is 17.8. The number of hydrogen-bond acceptors (Lipinski definition) is 11. The number of hydrogen-bond donors (Lipinski definition) is 4. The van der Waals surface area contributed by atoms with E-state index in [0.29, 0.717) is 70.7 Å². The zero-order chi connectivity index (χ0) is 41.0. The van der Waals surface area contributed by atoms with Gasteiger partial charge in [-0.25, -0.2) is 13.8 Å². The van der Waals surface area contributed by atoms with Gasteiger partial charge in [0.15, 0.2) is 12.4 Å². The van der Waals surface area contributed by atoms with Crippen LogP contribution in [0.4, 0.5) is 37.6 Å². The molecule has 4 fully saturated rings. The highest BCUT2D eigenvalue weighted by Crippen LogP contribution is 2.49. The Kier molecular flexibility index (Phi) is 8.82. The molecule has 308 valence electrons. The van der Waals surface area contributed by atoms with E-state index in [9.17, 15) is 14.4 Å². The van der Waals surface area contributed by atoms with Gasteiger partial charge in [-0.05, 0) is 86.8 Å². The van der Waals surface area contributed by atoms with E-state index in [1.165, 1.54) is 4.57 Å².